The molecule has 0 spiro atoms. The maximum Gasteiger partial charge on any atom is 0.338 e. The predicted molar refractivity (Wildman–Crippen MR) is 86.6 cm³/mol. The van der Waals surface area contributed by atoms with Gasteiger partial charge in [0.25, 0.3) is 5.91 Å². The minimum Gasteiger partial charge on any atom is -0.497 e. The van der Waals surface area contributed by atoms with E-state index in [1.165, 1.54) is 0 Å². The molecule has 5 nitrogen and oxygen atoms in total. The van der Waals surface area contributed by atoms with Crippen molar-refractivity contribution < 1.29 is 19.1 Å². The van der Waals surface area contributed by atoms with Crippen molar-refractivity contribution in [1.82, 2.24) is 5.32 Å². The van der Waals surface area contributed by atoms with Crippen LogP contribution in [0.15, 0.2) is 48.5 Å². The zero-order valence-electron chi connectivity index (χ0n) is 12.5. The molecule has 0 radical (unpaired) electrons. The van der Waals surface area contributed by atoms with Crippen molar-refractivity contribution in [3.63, 3.8) is 0 Å². The van der Waals surface area contributed by atoms with Crippen LogP contribution in [0.2, 0.25) is 5.02 Å². The van der Waals surface area contributed by atoms with Crippen molar-refractivity contribution >= 4 is 23.5 Å². The lowest BCUT2D eigenvalue weighted by molar-refractivity contribution is -0.124. The fourth-order valence-electron chi connectivity index (χ4n) is 1.83. The summed E-state index contributed by atoms with van der Waals surface area (Å²) in [5.41, 5.74) is 1.23. The van der Waals surface area contributed by atoms with Crippen LogP contribution in [-0.2, 0) is 16.1 Å². The first-order valence-electron chi connectivity index (χ1n) is 6.91. The Bertz CT molecular complexity index is 685. The second-order valence-corrected chi connectivity index (χ2v) is 5.15. The van der Waals surface area contributed by atoms with Gasteiger partial charge in [-0.05, 0) is 42.0 Å². The summed E-state index contributed by atoms with van der Waals surface area (Å²) in [7, 11) is 1.58. The zero-order valence-corrected chi connectivity index (χ0v) is 13.3. The third kappa shape index (κ3) is 5.30. The molecule has 2 aromatic carbocycles. The minimum absolute atomic E-state index is 0.328. The molecule has 0 saturated heterocycles. The number of nitrogens with one attached hydrogen (secondary N) is 1. The quantitative estimate of drug-likeness (QED) is 0.826. The second kappa shape index (κ2) is 8.19. The smallest absolute Gasteiger partial charge is 0.338 e. The molecule has 0 aliphatic heterocycles. The predicted octanol–water partition coefficient (Wildman–Crippen LogP) is 2.82. The number of hydrogen-bond donors (Lipinski definition) is 1. The highest BCUT2D eigenvalue weighted by molar-refractivity contribution is 6.30. The number of benzene rings is 2. The van der Waals surface area contributed by atoms with Crippen molar-refractivity contribution in [2.45, 2.75) is 6.54 Å². The van der Waals surface area contributed by atoms with Crippen molar-refractivity contribution in [1.29, 1.82) is 0 Å². The summed E-state index contributed by atoms with van der Waals surface area (Å²) in [4.78, 5) is 23.5. The molecule has 2 aromatic rings. The van der Waals surface area contributed by atoms with E-state index in [1.54, 1.807) is 31.4 Å². The van der Waals surface area contributed by atoms with Gasteiger partial charge >= 0.3 is 5.97 Å². The standard InChI is InChI=1S/C17H16ClNO4/c1-22-15-4-2-3-12(9-15)10-19-16(20)11-23-17(21)13-5-7-14(18)8-6-13/h2-9H,10-11H2,1H3,(H,19,20). The van der Waals surface area contributed by atoms with Crippen LogP contribution in [0.3, 0.4) is 0 Å². The van der Waals surface area contributed by atoms with Crippen molar-refractivity contribution in [2.75, 3.05) is 13.7 Å². The molecule has 1 N–H and O–H groups in total. The molecule has 0 atom stereocenters. The number of hydrogen-bond acceptors (Lipinski definition) is 4. The normalized spacial score (nSPS) is 10.0. The zero-order chi connectivity index (χ0) is 16.7. The number of rotatable bonds is 6. The van der Waals surface area contributed by atoms with Crippen LogP contribution in [0.1, 0.15) is 15.9 Å². The van der Waals surface area contributed by atoms with Crippen LogP contribution in [0.25, 0.3) is 0 Å². The highest BCUT2D eigenvalue weighted by atomic mass is 35.5. The van der Waals surface area contributed by atoms with Crippen LogP contribution in [0, 0.1) is 0 Å². The van der Waals surface area contributed by atoms with Gasteiger partial charge in [-0.15, -0.1) is 0 Å². The third-order valence-electron chi connectivity index (χ3n) is 3.04. The van der Waals surface area contributed by atoms with Gasteiger partial charge in [-0.25, -0.2) is 4.79 Å². The monoisotopic (exact) mass is 333 g/mol. The molecule has 0 unspecified atom stereocenters. The Morgan fingerprint density at radius 2 is 1.87 bits per heavy atom. The number of amides is 1. The SMILES string of the molecule is COc1cccc(CNC(=O)COC(=O)c2ccc(Cl)cc2)c1. The lowest BCUT2D eigenvalue weighted by Crippen LogP contribution is -2.28. The van der Waals surface area contributed by atoms with E-state index in [9.17, 15) is 9.59 Å². The molecule has 0 saturated carbocycles. The molecule has 23 heavy (non-hydrogen) atoms. The molecule has 120 valence electrons. The maximum atomic E-state index is 11.8. The maximum absolute atomic E-state index is 11.8. The molecule has 6 heteroatoms. The molecule has 0 fully saturated rings. The number of carbonyl (C=O) groups is 2. The van der Waals surface area contributed by atoms with Crippen molar-refractivity contribution in [2.24, 2.45) is 0 Å². The van der Waals surface area contributed by atoms with Crippen LogP contribution < -0.4 is 10.1 Å². The van der Waals surface area contributed by atoms with Crippen LogP contribution in [0.5, 0.6) is 5.75 Å². The summed E-state index contributed by atoms with van der Waals surface area (Å²) in [5, 5.41) is 3.20. The fraction of sp³-hybridized carbons (Fsp3) is 0.176. The molecule has 2 rings (SSSR count). The largest absolute Gasteiger partial charge is 0.497 e. The topological polar surface area (TPSA) is 64.6 Å². The van der Waals surface area contributed by atoms with E-state index < -0.39 is 5.97 Å². The molecule has 0 aliphatic carbocycles. The van der Waals surface area contributed by atoms with E-state index in [0.29, 0.717) is 22.9 Å². The Morgan fingerprint density at radius 1 is 1.13 bits per heavy atom. The van der Waals surface area contributed by atoms with E-state index in [0.717, 1.165) is 5.56 Å². The third-order valence-corrected chi connectivity index (χ3v) is 3.29. The van der Waals surface area contributed by atoms with Gasteiger partial charge in [0.1, 0.15) is 5.75 Å². The van der Waals surface area contributed by atoms with Gasteiger partial charge in [-0.2, -0.15) is 0 Å². The highest BCUT2D eigenvalue weighted by Crippen LogP contribution is 2.12. The molecule has 0 aliphatic rings. The summed E-state index contributed by atoms with van der Waals surface area (Å²) >= 11 is 5.74. The van der Waals surface area contributed by atoms with Gasteiger partial charge in [-0.1, -0.05) is 23.7 Å². The van der Waals surface area contributed by atoms with Gasteiger partial charge < -0.3 is 14.8 Å². The average molecular weight is 334 g/mol. The number of methoxy groups -OCH3 is 1. The fourth-order valence-corrected chi connectivity index (χ4v) is 1.96. The lowest BCUT2D eigenvalue weighted by Gasteiger charge is -2.08. The van der Waals surface area contributed by atoms with Crippen LogP contribution >= 0.6 is 11.6 Å². The Labute approximate surface area is 139 Å². The summed E-state index contributed by atoms with van der Waals surface area (Å²) in [5.74, 6) is -0.237. The van der Waals surface area contributed by atoms with E-state index in [-0.39, 0.29) is 12.5 Å². The number of halogens is 1. The molecule has 0 heterocycles. The first kappa shape index (κ1) is 16.8. The lowest BCUT2D eigenvalue weighted by atomic mass is 10.2. The number of ether oxygens (including phenoxy) is 2. The van der Waals surface area contributed by atoms with Crippen molar-refractivity contribution in [3.05, 3.63) is 64.7 Å². The van der Waals surface area contributed by atoms with Gasteiger partial charge in [0, 0.05) is 11.6 Å². The molecular formula is C17H16ClNO4. The molecule has 1 amide bonds. The first-order chi connectivity index (χ1) is 11.1. The van der Waals surface area contributed by atoms with E-state index in [4.69, 9.17) is 21.1 Å². The van der Waals surface area contributed by atoms with Gasteiger partial charge in [-0.3, -0.25) is 4.79 Å². The second-order valence-electron chi connectivity index (χ2n) is 4.71. The van der Waals surface area contributed by atoms with E-state index in [2.05, 4.69) is 5.32 Å². The average Bonchev–Trinajstić information content (AvgIpc) is 2.58. The van der Waals surface area contributed by atoms with Gasteiger partial charge in [0.2, 0.25) is 0 Å². The summed E-state index contributed by atoms with van der Waals surface area (Å²) in [6, 6.07) is 13.6. The van der Waals surface area contributed by atoms with Crippen LogP contribution in [0.4, 0.5) is 0 Å². The van der Waals surface area contributed by atoms with Crippen molar-refractivity contribution in [3.8, 4) is 5.75 Å². The Balaban J connectivity index is 1.78. The van der Waals surface area contributed by atoms with Gasteiger partial charge in [0.15, 0.2) is 6.61 Å². The molecule has 0 aromatic heterocycles. The molecule has 0 bridgehead atoms. The first-order valence-corrected chi connectivity index (χ1v) is 7.28. The van der Waals surface area contributed by atoms with E-state index >= 15 is 0 Å². The van der Waals surface area contributed by atoms with Crippen LogP contribution in [-0.4, -0.2) is 25.6 Å². The number of esters is 1. The summed E-state index contributed by atoms with van der Waals surface area (Å²) in [6.07, 6.45) is 0. The summed E-state index contributed by atoms with van der Waals surface area (Å²) < 4.78 is 10.1. The Hall–Kier alpha value is -2.53. The number of carbonyl (C=O) groups excluding carboxylic acids is 2. The Morgan fingerprint density at radius 3 is 2.57 bits per heavy atom. The molecular weight excluding hydrogens is 318 g/mol. The van der Waals surface area contributed by atoms with E-state index in [1.807, 2.05) is 24.3 Å². The summed E-state index contributed by atoms with van der Waals surface area (Å²) in [6.45, 7) is -0.0139. The van der Waals surface area contributed by atoms with Gasteiger partial charge in [0.05, 0.1) is 12.7 Å². The highest BCUT2D eigenvalue weighted by Gasteiger charge is 2.10. The minimum atomic E-state index is -0.571. The Kier molecular flexibility index (Phi) is 6.00.